The number of amides is 1. The molecular formula is C17H14FNO3. The molecule has 1 amide bonds. The molecule has 1 aliphatic rings. The van der Waals surface area contributed by atoms with Crippen molar-refractivity contribution in [3.8, 4) is 11.5 Å². The Morgan fingerprint density at radius 2 is 1.91 bits per heavy atom. The molecule has 2 aromatic rings. The van der Waals surface area contributed by atoms with Gasteiger partial charge in [-0.05, 0) is 42.5 Å². The van der Waals surface area contributed by atoms with Crippen LogP contribution in [-0.2, 0) is 4.79 Å². The Balaban J connectivity index is 2.12. The first-order chi connectivity index (χ1) is 10.6. The molecule has 0 atom stereocenters. The number of methoxy groups -OCH3 is 2. The Kier molecular flexibility index (Phi) is 3.55. The quantitative estimate of drug-likeness (QED) is 0.884. The average molecular weight is 299 g/mol. The van der Waals surface area contributed by atoms with E-state index in [1.807, 2.05) is 0 Å². The van der Waals surface area contributed by atoms with Crippen molar-refractivity contribution in [2.45, 2.75) is 0 Å². The van der Waals surface area contributed by atoms with Crippen molar-refractivity contribution in [1.82, 2.24) is 0 Å². The largest absolute Gasteiger partial charge is 0.497 e. The van der Waals surface area contributed by atoms with E-state index in [4.69, 9.17) is 9.47 Å². The van der Waals surface area contributed by atoms with Crippen molar-refractivity contribution in [3.05, 3.63) is 53.3 Å². The molecule has 3 rings (SSSR count). The monoisotopic (exact) mass is 299 g/mol. The Morgan fingerprint density at radius 3 is 2.64 bits per heavy atom. The van der Waals surface area contributed by atoms with Gasteiger partial charge in [0, 0.05) is 16.7 Å². The van der Waals surface area contributed by atoms with Crippen molar-refractivity contribution >= 4 is 23.2 Å². The third-order valence-electron chi connectivity index (χ3n) is 3.50. The van der Waals surface area contributed by atoms with Crippen LogP contribution in [0.15, 0.2) is 36.4 Å². The first kappa shape index (κ1) is 14.1. The molecule has 5 heteroatoms. The van der Waals surface area contributed by atoms with E-state index in [1.165, 1.54) is 12.1 Å². The number of anilines is 1. The van der Waals surface area contributed by atoms with Gasteiger partial charge in [-0.3, -0.25) is 4.79 Å². The van der Waals surface area contributed by atoms with Gasteiger partial charge in [0.15, 0.2) is 0 Å². The van der Waals surface area contributed by atoms with E-state index < -0.39 is 0 Å². The van der Waals surface area contributed by atoms with Crippen LogP contribution in [0.1, 0.15) is 11.1 Å². The van der Waals surface area contributed by atoms with Gasteiger partial charge in [-0.2, -0.15) is 0 Å². The summed E-state index contributed by atoms with van der Waals surface area (Å²) >= 11 is 0. The molecule has 0 spiro atoms. The fourth-order valence-corrected chi connectivity index (χ4v) is 2.42. The second kappa shape index (κ2) is 5.52. The van der Waals surface area contributed by atoms with Gasteiger partial charge in [0.05, 0.1) is 19.9 Å². The molecule has 0 aromatic heterocycles. The van der Waals surface area contributed by atoms with Gasteiger partial charge in [-0.1, -0.05) is 0 Å². The zero-order valence-electron chi connectivity index (χ0n) is 12.1. The highest BCUT2D eigenvalue weighted by Gasteiger charge is 2.24. The second-order valence-corrected chi connectivity index (χ2v) is 4.81. The summed E-state index contributed by atoms with van der Waals surface area (Å²) in [5.74, 6) is 0.617. The molecule has 22 heavy (non-hydrogen) atoms. The van der Waals surface area contributed by atoms with Gasteiger partial charge in [0.25, 0.3) is 5.91 Å². The number of fused-ring (bicyclic) bond motifs is 1. The SMILES string of the molecule is COc1ccc(OC)c(/C=C2/C(=O)Nc3cc(F)ccc32)c1. The van der Waals surface area contributed by atoms with Crippen LogP contribution in [0.3, 0.4) is 0 Å². The minimum Gasteiger partial charge on any atom is -0.497 e. The van der Waals surface area contributed by atoms with E-state index >= 15 is 0 Å². The van der Waals surface area contributed by atoms with Gasteiger partial charge in [0.2, 0.25) is 0 Å². The molecule has 0 saturated heterocycles. The highest BCUT2D eigenvalue weighted by Crippen LogP contribution is 2.35. The fourth-order valence-electron chi connectivity index (χ4n) is 2.42. The summed E-state index contributed by atoms with van der Waals surface area (Å²) < 4.78 is 23.8. The zero-order chi connectivity index (χ0) is 15.7. The second-order valence-electron chi connectivity index (χ2n) is 4.81. The third kappa shape index (κ3) is 2.41. The van der Waals surface area contributed by atoms with Crippen LogP contribution in [-0.4, -0.2) is 20.1 Å². The number of ether oxygens (including phenoxy) is 2. The molecule has 112 valence electrons. The molecule has 0 radical (unpaired) electrons. The first-order valence-corrected chi connectivity index (χ1v) is 6.67. The molecule has 1 aliphatic heterocycles. The summed E-state index contributed by atoms with van der Waals surface area (Å²) in [6.07, 6.45) is 1.71. The lowest BCUT2D eigenvalue weighted by atomic mass is 10.0. The molecule has 0 bridgehead atoms. The van der Waals surface area contributed by atoms with Crippen LogP contribution in [0.2, 0.25) is 0 Å². The van der Waals surface area contributed by atoms with Crippen LogP contribution in [0.4, 0.5) is 10.1 Å². The van der Waals surface area contributed by atoms with Gasteiger partial charge < -0.3 is 14.8 Å². The molecule has 0 aliphatic carbocycles. The summed E-state index contributed by atoms with van der Waals surface area (Å²) in [5, 5.41) is 2.66. The van der Waals surface area contributed by atoms with Gasteiger partial charge >= 0.3 is 0 Å². The molecule has 1 N–H and O–H groups in total. The van der Waals surface area contributed by atoms with E-state index in [9.17, 15) is 9.18 Å². The number of rotatable bonds is 3. The predicted octanol–water partition coefficient (Wildman–Crippen LogP) is 3.34. The van der Waals surface area contributed by atoms with Crippen molar-refractivity contribution in [2.75, 3.05) is 19.5 Å². The number of carbonyl (C=O) groups is 1. The molecule has 1 heterocycles. The van der Waals surface area contributed by atoms with Crippen molar-refractivity contribution < 1.29 is 18.7 Å². The van der Waals surface area contributed by atoms with E-state index in [0.717, 1.165) is 0 Å². The predicted molar refractivity (Wildman–Crippen MR) is 82.4 cm³/mol. The van der Waals surface area contributed by atoms with Gasteiger partial charge in [0.1, 0.15) is 17.3 Å². The standard InChI is InChI=1S/C17H14FNO3/c1-21-12-4-6-16(22-2)10(7-12)8-14-13-5-3-11(18)9-15(13)19-17(14)20/h3-9H,1-2H3,(H,19,20)/b14-8+. The van der Waals surface area contributed by atoms with Crippen LogP contribution >= 0.6 is 0 Å². The lowest BCUT2D eigenvalue weighted by Gasteiger charge is -2.08. The highest BCUT2D eigenvalue weighted by molar-refractivity contribution is 6.35. The number of hydrogen-bond acceptors (Lipinski definition) is 3. The molecule has 0 unspecified atom stereocenters. The van der Waals surface area contributed by atoms with E-state index in [-0.39, 0.29) is 11.7 Å². The maximum absolute atomic E-state index is 13.3. The molecule has 4 nitrogen and oxygen atoms in total. The smallest absolute Gasteiger partial charge is 0.256 e. The molecule has 2 aromatic carbocycles. The highest BCUT2D eigenvalue weighted by atomic mass is 19.1. The van der Waals surface area contributed by atoms with Crippen LogP contribution in [0.25, 0.3) is 11.6 Å². The number of hydrogen-bond donors (Lipinski definition) is 1. The lowest BCUT2D eigenvalue weighted by Crippen LogP contribution is -2.03. The lowest BCUT2D eigenvalue weighted by molar-refractivity contribution is -0.110. The first-order valence-electron chi connectivity index (χ1n) is 6.67. The van der Waals surface area contributed by atoms with E-state index in [2.05, 4.69) is 5.32 Å². The topological polar surface area (TPSA) is 47.6 Å². The minimum absolute atomic E-state index is 0.273. The van der Waals surface area contributed by atoms with Crippen LogP contribution in [0.5, 0.6) is 11.5 Å². The molecular weight excluding hydrogens is 285 g/mol. The number of nitrogens with one attached hydrogen (secondary N) is 1. The van der Waals surface area contributed by atoms with Crippen molar-refractivity contribution in [3.63, 3.8) is 0 Å². The summed E-state index contributed by atoms with van der Waals surface area (Å²) in [4.78, 5) is 12.1. The number of carbonyl (C=O) groups excluding carboxylic acids is 1. The Hall–Kier alpha value is -2.82. The summed E-state index contributed by atoms with van der Waals surface area (Å²) in [6.45, 7) is 0. The van der Waals surface area contributed by atoms with E-state index in [1.54, 1.807) is 44.6 Å². The summed E-state index contributed by atoms with van der Waals surface area (Å²) in [6, 6.07) is 9.54. The number of benzene rings is 2. The van der Waals surface area contributed by atoms with E-state index in [0.29, 0.717) is 33.9 Å². The third-order valence-corrected chi connectivity index (χ3v) is 3.50. The fraction of sp³-hybridized carbons (Fsp3) is 0.118. The maximum atomic E-state index is 13.3. The molecule has 0 fully saturated rings. The van der Waals surface area contributed by atoms with Gasteiger partial charge in [-0.25, -0.2) is 4.39 Å². The summed E-state index contributed by atoms with van der Waals surface area (Å²) in [5.41, 5.74) is 2.31. The Labute approximate surface area is 127 Å². The Morgan fingerprint density at radius 1 is 1.09 bits per heavy atom. The molecule has 0 saturated carbocycles. The number of halogens is 1. The maximum Gasteiger partial charge on any atom is 0.256 e. The average Bonchev–Trinajstić information content (AvgIpc) is 2.82. The minimum atomic E-state index is -0.390. The summed E-state index contributed by atoms with van der Waals surface area (Å²) in [7, 11) is 3.13. The van der Waals surface area contributed by atoms with Crippen molar-refractivity contribution in [1.29, 1.82) is 0 Å². The van der Waals surface area contributed by atoms with Crippen LogP contribution in [0, 0.1) is 5.82 Å². The van der Waals surface area contributed by atoms with Crippen molar-refractivity contribution in [2.24, 2.45) is 0 Å². The Bertz CT molecular complexity index is 783. The zero-order valence-corrected chi connectivity index (χ0v) is 12.1. The normalized spacial score (nSPS) is 14.7. The van der Waals surface area contributed by atoms with Gasteiger partial charge in [-0.15, -0.1) is 0 Å². The van der Waals surface area contributed by atoms with Crippen LogP contribution < -0.4 is 14.8 Å².